The monoisotopic (exact) mass is 335 g/mol. The summed E-state index contributed by atoms with van der Waals surface area (Å²) in [6.45, 7) is 1.63. The standard InChI is InChI=1S/C20H17NO4/c1-14(22)16-11-9-15(10-12-16)6-5-13-21-19(23)17-7-3-4-8-18(17)20(24)25-2/h3-4,7-12H,13H2,1-2H3,(H,21,23). The van der Waals surface area contributed by atoms with Crippen molar-refractivity contribution in [2.45, 2.75) is 6.92 Å². The Morgan fingerprint density at radius 1 is 1.00 bits per heavy atom. The van der Waals surface area contributed by atoms with E-state index in [2.05, 4.69) is 21.9 Å². The SMILES string of the molecule is COC(=O)c1ccccc1C(=O)NCC#Cc1ccc(C(C)=O)cc1. The number of esters is 1. The second kappa shape index (κ2) is 8.46. The van der Waals surface area contributed by atoms with Crippen LogP contribution in [-0.4, -0.2) is 31.3 Å². The van der Waals surface area contributed by atoms with Gasteiger partial charge in [-0.1, -0.05) is 36.1 Å². The summed E-state index contributed by atoms with van der Waals surface area (Å²) >= 11 is 0. The van der Waals surface area contributed by atoms with Gasteiger partial charge in [-0.15, -0.1) is 0 Å². The molecule has 0 radical (unpaired) electrons. The van der Waals surface area contributed by atoms with E-state index in [4.69, 9.17) is 0 Å². The number of rotatable bonds is 4. The molecule has 1 N–H and O–H groups in total. The van der Waals surface area contributed by atoms with Gasteiger partial charge in [0.15, 0.2) is 5.78 Å². The second-order valence-corrected chi connectivity index (χ2v) is 5.16. The maximum absolute atomic E-state index is 12.2. The number of ketones is 1. The van der Waals surface area contributed by atoms with Crippen LogP contribution in [0.2, 0.25) is 0 Å². The minimum Gasteiger partial charge on any atom is -0.465 e. The van der Waals surface area contributed by atoms with Crippen molar-refractivity contribution in [1.29, 1.82) is 0 Å². The van der Waals surface area contributed by atoms with Crippen molar-refractivity contribution in [2.75, 3.05) is 13.7 Å². The van der Waals surface area contributed by atoms with E-state index < -0.39 is 11.9 Å². The first-order chi connectivity index (χ1) is 12.0. The lowest BCUT2D eigenvalue weighted by Crippen LogP contribution is -2.25. The van der Waals surface area contributed by atoms with E-state index in [0.29, 0.717) is 5.56 Å². The van der Waals surface area contributed by atoms with Crippen LogP contribution >= 0.6 is 0 Å². The molecule has 2 aromatic carbocycles. The molecule has 0 atom stereocenters. The third-order valence-corrected chi connectivity index (χ3v) is 3.44. The first-order valence-electron chi connectivity index (χ1n) is 7.58. The van der Waals surface area contributed by atoms with Gasteiger partial charge in [0.2, 0.25) is 0 Å². The number of carbonyl (C=O) groups excluding carboxylic acids is 3. The number of carbonyl (C=O) groups is 3. The summed E-state index contributed by atoms with van der Waals surface area (Å²) in [7, 11) is 1.26. The summed E-state index contributed by atoms with van der Waals surface area (Å²) in [4.78, 5) is 35.1. The molecule has 0 saturated carbocycles. The third kappa shape index (κ3) is 4.79. The van der Waals surface area contributed by atoms with Crippen LogP contribution in [0.15, 0.2) is 48.5 Å². The lowest BCUT2D eigenvalue weighted by molar-refractivity contribution is 0.0596. The van der Waals surface area contributed by atoms with E-state index in [-0.39, 0.29) is 23.5 Å². The molecule has 0 fully saturated rings. The largest absolute Gasteiger partial charge is 0.465 e. The van der Waals surface area contributed by atoms with E-state index in [1.807, 2.05) is 0 Å². The summed E-state index contributed by atoms with van der Waals surface area (Å²) < 4.78 is 4.67. The molecule has 0 aromatic heterocycles. The smallest absolute Gasteiger partial charge is 0.338 e. The van der Waals surface area contributed by atoms with E-state index in [9.17, 15) is 14.4 Å². The molecular weight excluding hydrogens is 318 g/mol. The lowest BCUT2D eigenvalue weighted by atomic mass is 10.1. The van der Waals surface area contributed by atoms with Gasteiger partial charge in [-0.05, 0) is 31.2 Å². The molecule has 0 unspecified atom stereocenters. The highest BCUT2D eigenvalue weighted by Crippen LogP contribution is 2.10. The molecule has 126 valence electrons. The van der Waals surface area contributed by atoms with E-state index in [0.717, 1.165) is 5.56 Å². The quantitative estimate of drug-likeness (QED) is 0.529. The highest BCUT2D eigenvalue weighted by molar-refractivity contribution is 6.05. The van der Waals surface area contributed by atoms with E-state index >= 15 is 0 Å². The molecule has 0 aliphatic rings. The summed E-state index contributed by atoms with van der Waals surface area (Å²) in [5.74, 6) is 4.76. The Morgan fingerprint density at radius 2 is 1.64 bits per heavy atom. The van der Waals surface area contributed by atoms with Crippen molar-refractivity contribution in [2.24, 2.45) is 0 Å². The van der Waals surface area contributed by atoms with Gasteiger partial charge in [-0.2, -0.15) is 0 Å². The van der Waals surface area contributed by atoms with Crippen LogP contribution in [0, 0.1) is 11.8 Å². The van der Waals surface area contributed by atoms with Crippen molar-refractivity contribution in [3.63, 3.8) is 0 Å². The van der Waals surface area contributed by atoms with Crippen molar-refractivity contribution >= 4 is 17.7 Å². The van der Waals surface area contributed by atoms with Crippen molar-refractivity contribution in [3.05, 3.63) is 70.8 Å². The predicted octanol–water partition coefficient (Wildman–Crippen LogP) is 2.46. The molecule has 2 aromatic rings. The van der Waals surface area contributed by atoms with Crippen LogP contribution in [0.25, 0.3) is 0 Å². The van der Waals surface area contributed by atoms with Crippen LogP contribution in [0.1, 0.15) is 43.6 Å². The summed E-state index contributed by atoms with van der Waals surface area (Å²) in [5, 5.41) is 2.64. The van der Waals surface area contributed by atoms with E-state index in [1.54, 1.807) is 42.5 Å². The molecule has 0 aliphatic heterocycles. The third-order valence-electron chi connectivity index (χ3n) is 3.44. The van der Waals surface area contributed by atoms with Gasteiger partial charge in [0.1, 0.15) is 0 Å². The summed E-state index contributed by atoms with van der Waals surface area (Å²) in [6.07, 6.45) is 0. The van der Waals surface area contributed by atoms with Crippen LogP contribution in [0.5, 0.6) is 0 Å². The fourth-order valence-electron chi connectivity index (χ4n) is 2.12. The number of methoxy groups -OCH3 is 1. The van der Waals surface area contributed by atoms with Gasteiger partial charge >= 0.3 is 5.97 Å². The van der Waals surface area contributed by atoms with Gasteiger partial charge in [-0.25, -0.2) is 4.79 Å². The fraction of sp³-hybridized carbons (Fsp3) is 0.150. The molecule has 2 rings (SSSR count). The lowest BCUT2D eigenvalue weighted by Gasteiger charge is -2.06. The van der Waals surface area contributed by atoms with Gasteiger partial charge in [0.05, 0.1) is 24.8 Å². The minimum atomic E-state index is -0.567. The Kier molecular flexibility index (Phi) is 6.08. The second-order valence-electron chi connectivity index (χ2n) is 5.16. The molecule has 0 bridgehead atoms. The Morgan fingerprint density at radius 3 is 2.24 bits per heavy atom. The molecule has 0 spiro atoms. The number of nitrogens with one attached hydrogen (secondary N) is 1. The van der Waals surface area contributed by atoms with Crippen LogP contribution in [-0.2, 0) is 4.74 Å². The molecule has 5 heteroatoms. The Hall–Kier alpha value is -3.39. The Labute approximate surface area is 146 Å². The Balaban J connectivity index is 2.00. The first kappa shape index (κ1) is 18.0. The number of benzene rings is 2. The topological polar surface area (TPSA) is 72.5 Å². The highest BCUT2D eigenvalue weighted by atomic mass is 16.5. The van der Waals surface area contributed by atoms with Crippen molar-refractivity contribution in [1.82, 2.24) is 5.32 Å². The average molecular weight is 335 g/mol. The number of hydrogen-bond acceptors (Lipinski definition) is 4. The molecule has 0 aliphatic carbocycles. The first-order valence-corrected chi connectivity index (χ1v) is 7.58. The Bertz CT molecular complexity index is 857. The zero-order valence-electron chi connectivity index (χ0n) is 14.0. The molecule has 5 nitrogen and oxygen atoms in total. The molecule has 25 heavy (non-hydrogen) atoms. The number of Topliss-reactive ketones (excluding diaryl/α,β-unsaturated/α-hetero) is 1. The summed E-state index contributed by atoms with van der Waals surface area (Å²) in [5.41, 5.74) is 1.81. The van der Waals surface area contributed by atoms with Gasteiger partial charge in [-0.3, -0.25) is 9.59 Å². The van der Waals surface area contributed by atoms with Gasteiger partial charge in [0.25, 0.3) is 5.91 Å². The maximum Gasteiger partial charge on any atom is 0.338 e. The average Bonchev–Trinajstić information content (AvgIpc) is 2.64. The predicted molar refractivity (Wildman–Crippen MR) is 93.4 cm³/mol. The summed E-state index contributed by atoms with van der Waals surface area (Å²) in [6, 6.07) is 13.3. The van der Waals surface area contributed by atoms with Crippen LogP contribution in [0.4, 0.5) is 0 Å². The van der Waals surface area contributed by atoms with E-state index in [1.165, 1.54) is 20.1 Å². The van der Waals surface area contributed by atoms with Crippen LogP contribution in [0.3, 0.4) is 0 Å². The minimum absolute atomic E-state index is 0.00366. The van der Waals surface area contributed by atoms with Crippen LogP contribution < -0.4 is 5.32 Å². The number of amides is 1. The molecule has 0 saturated heterocycles. The molecule has 0 heterocycles. The maximum atomic E-state index is 12.2. The fourth-order valence-corrected chi connectivity index (χ4v) is 2.12. The van der Waals surface area contributed by atoms with Gasteiger partial charge < -0.3 is 10.1 Å². The molecule has 1 amide bonds. The van der Waals surface area contributed by atoms with Gasteiger partial charge in [0, 0.05) is 11.1 Å². The molecular formula is C20H17NO4. The van der Waals surface area contributed by atoms with Crippen molar-refractivity contribution in [3.8, 4) is 11.8 Å². The highest BCUT2D eigenvalue weighted by Gasteiger charge is 2.16. The zero-order chi connectivity index (χ0) is 18.2. The number of ether oxygens (including phenoxy) is 1. The van der Waals surface area contributed by atoms with Crippen molar-refractivity contribution < 1.29 is 19.1 Å². The normalized spacial score (nSPS) is 9.52. The number of hydrogen-bond donors (Lipinski definition) is 1. The zero-order valence-corrected chi connectivity index (χ0v) is 14.0.